The molecule has 1 fully saturated rings. The molecule has 1 aromatic carbocycles. The Balaban J connectivity index is 1.89. The minimum Gasteiger partial charge on any atom is -0.497 e. The SMILES string of the molecule is COc1ccc2c(=O)c(C(=O)NC3CCS(=O)(=O)C3)c[nH]c2c1. The lowest BCUT2D eigenvalue weighted by Crippen LogP contribution is -2.38. The van der Waals surface area contributed by atoms with Crippen molar-refractivity contribution in [3.8, 4) is 5.75 Å². The Hall–Kier alpha value is -2.35. The first-order chi connectivity index (χ1) is 10.9. The number of sulfone groups is 1. The molecule has 1 unspecified atom stereocenters. The summed E-state index contributed by atoms with van der Waals surface area (Å²) in [6.45, 7) is 0. The second kappa shape index (κ2) is 5.69. The van der Waals surface area contributed by atoms with Crippen molar-refractivity contribution in [3.63, 3.8) is 0 Å². The van der Waals surface area contributed by atoms with E-state index in [0.717, 1.165) is 0 Å². The second-order valence-electron chi connectivity index (χ2n) is 5.52. The third-order valence-electron chi connectivity index (χ3n) is 3.90. The third-order valence-corrected chi connectivity index (χ3v) is 5.67. The normalized spacial score (nSPS) is 19.6. The monoisotopic (exact) mass is 336 g/mol. The summed E-state index contributed by atoms with van der Waals surface area (Å²) in [7, 11) is -1.57. The fourth-order valence-corrected chi connectivity index (χ4v) is 4.34. The number of carbonyl (C=O) groups excluding carboxylic acids is 1. The predicted octanol–water partition coefficient (Wildman–Crippen LogP) is 0.454. The van der Waals surface area contributed by atoms with Gasteiger partial charge < -0.3 is 15.0 Å². The van der Waals surface area contributed by atoms with Crippen LogP contribution in [-0.2, 0) is 9.84 Å². The maximum absolute atomic E-state index is 12.4. The molecule has 1 aliphatic heterocycles. The smallest absolute Gasteiger partial charge is 0.257 e. The van der Waals surface area contributed by atoms with Gasteiger partial charge in [0.05, 0.1) is 24.1 Å². The Kier molecular flexibility index (Phi) is 3.85. The van der Waals surface area contributed by atoms with Gasteiger partial charge in [-0.25, -0.2) is 8.42 Å². The molecule has 8 heteroatoms. The summed E-state index contributed by atoms with van der Waals surface area (Å²) in [5.41, 5.74) is 0.126. The Morgan fingerprint density at radius 1 is 1.39 bits per heavy atom. The van der Waals surface area contributed by atoms with E-state index in [2.05, 4.69) is 10.3 Å². The number of amides is 1. The van der Waals surface area contributed by atoms with E-state index in [1.54, 1.807) is 18.2 Å². The van der Waals surface area contributed by atoms with Crippen LogP contribution in [0.1, 0.15) is 16.8 Å². The van der Waals surface area contributed by atoms with Crippen LogP contribution in [0, 0.1) is 0 Å². The van der Waals surface area contributed by atoms with Crippen LogP contribution in [-0.4, -0.2) is 44.0 Å². The van der Waals surface area contributed by atoms with Crippen LogP contribution in [0.4, 0.5) is 0 Å². The van der Waals surface area contributed by atoms with Crippen LogP contribution in [0.25, 0.3) is 10.9 Å². The molecule has 0 saturated carbocycles. The average Bonchev–Trinajstić information content (AvgIpc) is 2.85. The Morgan fingerprint density at radius 2 is 2.17 bits per heavy atom. The topological polar surface area (TPSA) is 105 Å². The molecule has 1 aliphatic rings. The lowest BCUT2D eigenvalue weighted by molar-refractivity contribution is 0.0940. The number of ether oxygens (including phenoxy) is 1. The van der Waals surface area contributed by atoms with Gasteiger partial charge in [-0.1, -0.05) is 0 Å². The summed E-state index contributed by atoms with van der Waals surface area (Å²) in [5, 5.41) is 2.99. The third kappa shape index (κ3) is 3.07. The van der Waals surface area contributed by atoms with Crippen molar-refractivity contribution in [2.75, 3.05) is 18.6 Å². The molecule has 2 aromatic rings. The Bertz CT molecular complexity index is 933. The molecule has 1 amide bonds. The summed E-state index contributed by atoms with van der Waals surface area (Å²) < 4.78 is 27.9. The lowest BCUT2D eigenvalue weighted by atomic mass is 10.1. The zero-order valence-corrected chi connectivity index (χ0v) is 13.3. The van der Waals surface area contributed by atoms with Crippen LogP contribution >= 0.6 is 0 Å². The molecule has 0 bridgehead atoms. The van der Waals surface area contributed by atoms with Gasteiger partial charge in [-0.2, -0.15) is 0 Å². The molecule has 1 saturated heterocycles. The highest BCUT2D eigenvalue weighted by molar-refractivity contribution is 7.91. The van der Waals surface area contributed by atoms with Crippen molar-refractivity contribution in [2.24, 2.45) is 0 Å². The number of pyridine rings is 1. The van der Waals surface area contributed by atoms with Gasteiger partial charge in [0.2, 0.25) is 5.43 Å². The molecule has 2 heterocycles. The van der Waals surface area contributed by atoms with E-state index in [1.165, 1.54) is 13.3 Å². The molecule has 122 valence electrons. The van der Waals surface area contributed by atoms with Gasteiger partial charge in [0.25, 0.3) is 5.91 Å². The molecule has 0 spiro atoms. The lowest BCUT2D eigenvalue weighted by Gasteiger charge is -2.11. The number of benzene rings is 1. The molecule has 1 atom stereocenters. The summed E-state index contributed by atoms with van der Waals surface area (Å²) in [6.07, 6.45) is 1.71. The van der Waals surface area contributed by atoms with E-state index < -0.39 is 27.2 Å². The van der Waals surface area contributed by atoms with Crippen molar-refractivity contribution in [1.82, 2.24) is 10.3 Å². The van der Waals surface area contributed by atoms with E-state index in [1.807, 2.05) is 0 Å². The molecular formula is C15H16N2O5S. The summed E-state index contributed by atoms with van der Waals surface area (Å²) in [5.74, 6) is 0.0142. The van der Waals surface area contributed by atoms with E-state index in [-0.39, 0.29) is 17.1 Å². The van der Waals surface area contributed by atoms with Crippen molar-refractivity contribution >= 4 is 26.6 Å². The number of hydrogen-bond acceptors (Lipinski definition) is 5. The van der Waals surface area contributed by atoms with Crippen molar-refractivity contribution in [2.45, 2.75) is 12.5 Å². The standard InChI is InChI=1S/C15H16N2O5S/c1-22-10-2-3-11-13(6-10)16-7-12(14(11)18)15(19)17-9-4-5-23(20,21)8-9/h2-3,6-7,9H,4-5,8H2,1H3,(H,16,18)(H,17,19). The van der Waals surface area contributed by atoms with Gasteiger partial charge in [0.1, 0.15) is 11.3 Å². The van der Waals surface area contributed by atoms with Gasteiger partial charge in [-0.05, 0) is 18.6 Å². The number of H-pyrrole nitrogens is 1. The molecule has 0 aliphatic carbocycles. The van der Waals surface area contributed by atoms with Gasteiger partial charge in [0.15, 0.2) is 9.84 Å². The van der Waals surface area contributed by atoms with Crippen LogP contribution in [0.3, 0.4) is 0 Å². The highest BCUT2D eigenvalue weighted by Gasteiger charge is 2.29. The number of nitrogens with one attached hydrogen (secondary N) is 2. The molecule has 3 rings (SSSR count). The minimum absolute atomic E-state index is 0.0352. The number of aromatic amines is 1. The minimum atomic E-state index is -3.09. The zero-order chi connectivity index (χ0) is 16.6. The average molecular weight is 336 g/mol. The highest BCUT2D eigenvalue weighted by Crippen LogP contribution is 2.17. The number of rotatable bonds is 3. The van der Waals surface area contributed by atoms with Gasteiger partial charge in [-0.15, -0.1) is 0 Å². The van der Waals surface area contributed by atoms with Gasteiger partial charge in [-0.3, -0.25) is 9.59 Å². The van der Waals surface area contributed by atoms with Crippen LogP contribution < -0.4 is 15.5 Å². The van der Waals surface area contributed by atoms with Crippen LogP contribution in [0.15, 0.2) is 29.2 Å². The quantitative estimate of drug-likeness (QED) is 0.847. The molecule has 0 radical (unpaired) electrons. The summed E-state index contributed by atoms with van der Waals surface area (Å²) in [4.78, 5) is 27.6. The molecule has 7 nitrogen and oxygen atoms in total. The van der Waals surface area contributed by atoms with Gasteiger partial charge >= 0.3 is 0 Å². The first-order valence-electron chi connectivity index (χ1n) is 7.10. The first-order valence-corrected chi connectivity index (χ1v) is 8.92. The molecular weight excluding hydrogens is 320 g/mol. The highest BCUT2D eigenvalue weighted by atomic mass is 32.2. The Labute approximate surface area is 132 Å². The number of carbonyl (C=O) groups is 1. The number of fused-ring (bicyclic) bond motifs is 1. The van der Waals surface area contributed by atoms with Crippen molar-refractivity contribution < 1.29 is 17.9 Å². The van der Waals surface area contributed by atoms with E-state index >= 15 is 0 Å². The molecule has 2 N–H and O–H groups in total. The van der Waals surface area contributed by atoms with Crippen LogP contribution in [0.2, 0.25) is 0 Å². The fourth-order valence-electron chi connectivity index (χ4n) is 2.67. The number of hydrogen-bond donors (Lipinski definition) is 2. The van der Waals surface area contributed by atoms with Crippen LogP contribution in [0.5, 0.6) is 5.75 Å². The first kappa shape index (κ1) is 15.5. The van der Waals surface area contributed by atoms with Crippen molar-refractivity contribution in [1.29, 1.82) is 0 Å². The Morgan fingerprint density at radius 3 is 2.83 bits per heavy atom. The number of aromatic nitrogens is 1. The van der Waals surface area contributed by atoms with Gasteiger partial charge in [0, 0.05) is 23.7 Å². The maximum Gasteiger partial charge on any atom is 0.257 e. The predicted molar refractivity (Wildman–Crippen MR) is 85.6 cm³/mol. The zero-order valence-electron chi connectivity index (χ0n) is 12.5. The van der Waals surface area contributed by atoms with E-state index in [0.29, 0.717) is 23.1 Å². The van der Waals surface area contributed by atoms with E-state index in [9.17, 15) is 18.0 Å². The van der Waals surface area contributed by atoms with Crippen molar-refractivity contribution in [3.05, 3.63) is 40.2 Å². The summed E-state index contributed by atoms with van der Waals surface area (Å²) >= 11 is 0. The fraction of sp³-hybridized carbons (Fsp3) is 0.333. The largest absolute Gasteiger partial charge is 0.497 e. The molecule has 23 heavy (non-hydrogen) atoms. The summed E-state index contributed by atoms with van der Waals surface area (Å²) in [6, 6.07) is 4.45. The van der Waals surface area contributed by atoms with E-state index in [4.69, 9.17) is 4.74 Å². The maximum atomic E-state index is 12.4. The second-order valence-corrected chi connectivity index (χ2v) is 7.75. The number of methoxy groups -OCH3 is 1. The molecule has 1 aromatic heterocycles.